The molecule has 0 fully saturated rings. The summed E-state index contributed by atoms with van der Waals surface area (Å²) >= 11 is 0. The van der Waals surface area contributed by atoms with Crippen LogP contribution in [-0.4, -0.2) is 89.3 Å². The van der Waals surface area contributed by atoms with Gasteiger partial charge in [-0.05, 0) is 56.7 Å². The van der Waals surface area contributed by atoms with E-state index in [9.17, 15) is 24.6 Å². The van der Waals surface area contributed by atoms with Crippen molar-refractivity contribution in [1.82, 2.24) is 28.0 Å². The summed E-state index contributed by atoms with van der Waals surface area (Å²) in [5.41, 5.74) is 10.4. The molecule has 4 N–H and O–H groups in total. The number of ether oxygens (including phenoxy) is 2. The van der Waals surface area contributed by atoms with Gasteiger partial charge in [0.05, 0.1) is 43.5 Å². The number of primary amides is 1. The zero-order chi connectivity index (χ0) is 36.4. The maximum Gasteiger partial charge on any atom is 0.298 e. The molecule has 3 heterocycles. The molecule has 2 amide bonds. The fourth-order valence-electron chi connectivity index (χ4n) is 6.18. The van der Waals surface area contributed by atoms with E-state index in [-0.39, 0.29) is 48.9 Å². The number of aliphatic hydroxyl groups is 2. The van der Waals surface area contributed by atoms with Crippen LogP contribution in [0.2, 0.25) is 0 Å². The van der Waals surface area contributed by atoms with E-state index in [1.807, 2.05) is 37.6 Å². The van der Waals surface area contributed by atoms with Crippen LogP contribution in [0.15, 0.2) is 40.3 Å². The number of hydrogen-bond donors (Lipinski definition) is 3. The minimum absolute atomic E-state index is 0.0752. The number of benzene rings is 2. The number of aliphatic hydroxyl groups excluding tert-OH is 2. The lowest BCUT2D eigenvalue weighted by Gasteiger charge is -2.15. The molecule has 16 nitrogen and oxygen atoms in total. The van der Waals surface area contributed by atoms with E-state index in [0.29, 0.717) is 46.6 Å². The first kappa shape index (κ1) is 35.8. The van der Waals surface area contributed by atoms with Gasteiger partial charge in [-0.25, -0.2) is 0 Å². The van der Waals surface area contributed by atoms with Crippen molar-refractivity contribution < 1.29 is 34.1 Å². The summed E-state index contributed by atoms with van der Waals surface area (Å²) in [7, 11) is 6.64. The Morgan fingerprint density at radius 2 is 1.66 bits per heavy atom. The molecule has 0 saturated carbocycles. The molecule has 0 aliphatic heterocycles. The minimum Gasteiger partial charge on any atom is -0.494 e. The number of carbonyl (C=O) groups is 3. The highest BCUT2D eigenvalue weighted by Crippen LogP contribution is 2.29. The second kappa shape index (κ2) is 14.6. The fraction of sp³-hybridized carbons (Fsp3) is 0.412. The molecule has 0 aliphatic rings. The van der Waals surface area contributed by atoms with Gasteiger partial charge in [-0.15, -0.1) is 0 Å². The predicted molar refractivity (Wildman–Crippen MR) is 184 cm³/mol. The minimum atomic E-state index is -1.59. The third-order valence-electron chi connectivity index (χ3n) is 8.53. The van der Waals surface area contributed by atoms with Crippen molar-refractivity contribution in [2.75, 3.05) is 27.4 Å². The number of aromatic nitrogens is 6. The molecule has 1 atom stereocenters. The van der Waals surface area contributed by atoms with Gasteiger partial charge < -0.3 is 39.1 Å². The average Bonchev–Trinajstić information content (AvgIpc) is 3.69. The molecule has 3 aromatic heterocycles. The van der Waals surface area contributed by atoms with Crippen LogP contribution < -0.4 is 26.4 Å². The van der Waals surface area contributed by atoms with Crippen LogP contribution in [0, 0.1) is 13.8 Å². The van der Waals surface area contributed by atoms with E-state index in [1.165, 1.54) is 21.4 Å². The smallest absolute Gasteiger partial charge is 0.298 e. The Labute approximate surface area is 287 Å². The highest BCUT2D eigenvalue weighted by atomic mass is 16.5. The molecule has 16 heteroatoms. The van der Waals surface area contributed by atoms with Crippen LogP contribution in [0.3, 0.4) is 0 Å². The molecule has 0 radical (unpaired) electrons. The fourth-order valence-corrected chi connectivity index (χ4v) is 6.18. The van der Waals surface area contributed by atoms with Gasteiger partial charge in [-0.2, -0.15) is 10.1 Å². The zero-order valence-electron chi connectivity index (χ0n) is 29.3. The van der Waals surface area contributed by atoms with Crippen LogP contribution in [0.1, 0.15) is 45.4 Å². The molecule has 5 aromatic rings. The van der Waals surface area contributed by atoms with Crippen molar-refractivity contribution in [3.05, 3.63) is 64.1 Å². The number of imidazole rings is 2. The molecule has 266 valence electrons. The first-order valence-corrected chi connectivity index (χ1v) is 16.1. The Morgan fingerprint density at radius 1 is 0.980 bits per heavy atom. The van der Waals surface area contributed by atoms with Gasteiger partial charge >= 0.3 is 0 Å². The maximum atomic E-state index is 13.9. The first-order chi connectivity index (χ1) is 23.8. The van der Waals surface area contributed by atoms with E-state index >= 15 is 0 Å². The van der Waals surface area contributed by atoms with Crippen molar-refractivity contribution in [3.63, 3.8) is 0 Å². The number of rotatable bonds is 13. The number of Topliss-reactive ketones (excluding diaryl/α,β-unsaturated/α-hetero) is 1. The van der Waals surface area contributed by atoms with Gasteiger partial charge in [0.1, 0.15) is 34.3 Å². The van der Waals surface area contributed by atoms with E-state index in [0.717, 1.165) is 11.1 Å². The van der Waals surface area contributed by atoms with Crippen LogP contribution in [0.5, 0.6) is 11.5 Å². The van der Waals surface area contributed by atoms with Gasteiger partial charge in [-0.3, -0.25) is 28.6 Å². The van der Waals surface area contributed by atoms with Crippen LogP contribution in [-0.2, 0) is 38.5 Å². The molecule has 0 spiro atoms. The molecule has 1 unspecified atom stereocenters. The Hall–Kier alpha value is -5.48. The number of nitrogens with zero attached hydrogens (tertiary/aromatic N) is 8. The standard InChI is InChI=1S/C34H43N9O7/c1-8-43-24(14-20(3)38-43)32(48)37-34-40(6)23-15-21(31(35)47)16-28(50-11-9-10-44)30(23)42(34)18-26(46)25(45)17-41-29-22(39(5)33(41)36-4)12-19(2)13-27(29)49-7/h12-16,26,44,46H,8-11,17-18H2,1-7H3,(H2,35,47). The number of aryl methyl sites for hydroxylation is 5. The summed E-state index contributed by atoms with van der Waals surface area (Å²) in [5, 5.41) is 25.3. The maximum absolute atomic E-state index is 13.9. The van der Waals surface area contributed by atoms with Crippen molar-refractivity contribution in [2.24, 2.45) is 29.8 Å². The number of nitrogens with two attached hydrogens (primary N) is 1. The number of carbonyl (C=O) groups excluding carboxylic acids is 3. The van der Waals surface area contributed by atoms with E-state index in [4.69, 9.17) is 15.2 Å². The average molecular weight is 690 g/mol. The van der Waals surface area contributed by atoms with Crippen molar-refractivity contribution in [3.8, 4) is 11.5 Å². The molecular weight excluding hydrogens is 646 g/mol. The lowest BCUT2D eigenvalue weighted by atomic mass is 10.1. The molecule has 0 saturated heterocycles. The quantitative estimate of drug-likeness (QED) is 0.151. The highest BCUT2D eigenvalue weighted by molar-refractivity contribution is 5.99. The second-order valence-electron chi connectivity index (χ2n) is 12.0. The largest absolute Gasteiger partial charge is 0.494 e. The van der Waals surface area contributed by atoms with Gasteiger partial charge in [0.25, 0.3) is 5.91 Å². The zero-order valence-corrected chi connectivity index (χ0v) is 29.3. The summed E-state index contributed by atoms with van der Waals surface area (Å²) in [5.74, 6) is -1.12. The van der Waals surface area contributed by atoms with Crippen molar-refractivity contribution >= 4 is 39.7 Å². The van der Waals surface area contributed by atoms with Crippen LogP contribution >= 0.6 is 0 Å². The first-order valence-electron chi connectivity index (χ1n) is 16.1. The Bertz CT molecular complexity index is 2270. The number of amides is 2. The van der Waals surface area contributed by atoms with Gasteiger partial charge in [-0.1, -0.05) is 0 Å². The molecule has 50 heavy (non-hydrogen) atoms. The van der Waals surface area contributed by atoms with Gasteiger partial charge in [0, 0.05) is 46.3 Å². The Morgan fingerprint density at radius 3 is 2.30 bits per heavy atom. The van der Waals surface area contributed by atoms with E-state index < -0.39 is 23.7 Å². The summed E-state index contributed by atoms with van der Waals surface area (Å²) < 4.78 is 19.8. The van der Waals surface area contributed by atoms with Crippen LogP contribution in [0.4, 0.5) is 0 Å². The van der Waals surface area contributed by atoms with Gasteiger partial charge in [0.2, 0.25) is 17.1 Å². The number of methoxy groups -OCH3 is 1. The third-order valence-corrected chi connectivity index (χ3v) is 8.53. The number of ketones is 1. The lowest BCUT2D eigenvalue weighted by Crippen LogP contribution is -2.37. The van der Waals surface area contributed by atoms with E-state index in [1.54, 1.807) is 43.3 Å². The molecule has 0 aliphatic carbocycles. The second-order valence-corrected chi connectivity index (χ2v) is 12.0. The summed E-state index contributed by atoms with van der Waals surface area (Å²) in [6.45, 7) is 5.37. The third kappa shape index (κ3) is 6.58. The summed E-state index contributed by atoms with van der Waals surface area (Å²) in [6, 6.07) is 8.43. The molecular formula is C34H43N9O7. The SMILES string of the molecule is CCn1nc(C)cc1C(=O)N=c1n(C)c2cc(C(N)=O)cc(OCCCO)c2n1CC(O)C(=O)Cn1c(=NC)n(C)c2cc(C)cc(OC)c21. The predicted octanol–water partition coefficient (Wildman–Crippen LogP) is 0.877. The van der Waals surface area contributed by atoms with Crippen molar-refractivity contribution in [1.29, 1.82) is 0 Å². The highest BCUT2D eigenvalue weighted by Gasteiger charge is 2.26. The monoisotopic (exact) mass is 689 g/mol. The van der Waals surface area contributed by atoms with E-state index in [2.05, 4.69) is 15.1 Å². The van der Waals surface area contributed by atoms with Crippen molar-refractivity contribution in [2.45, 2.75) is 52.9 Å². The van der Waals surface area contributed by atoms with Gasteiger partial charge in [0.15, 0.2) is 5.78 Å². The van der Waals surface area contributed by atoms with Crippen LogP contribution in [0.25, 0.3) is 22.1 Å². The molecule has 2 aromatic carbocycles. The topological polar surface area (TPSA) is 198 Å². The summed E-state index contributed by atoms with van der Waals surface area (Å²) in [4.78, 5) is 48.8. The molecule has 5 rings (SSSR count). The Kier molecular flexibility index (Phi) is 10.4. The normalized spacial score (nSPS) is 13.1. The Balaban J connectivity index is 1.67. The number of hydrogen-bond acceptors (Lipinski definition) is 9. The lowest BCUT2D eigenvalue weighted by molar-refractivity contribution is -0.128. The number of fused-ring (bicyclic) bond motifs is 2. The molecule has 0 bridgehead atoms. The summed E-state index contributed by atoms with van der Waals surface area (Å²) in [6.07, 6.45) is -1.30.